The van der Waals surface area contributed by atoms with Gasteiger partial charge in [0.15, 0.2) is 0 Å². The van der Waals surface area contributed by atoms with E-state index < -0.39 is 29.4 Å². The van der Waals surface area contributed by atoms with Crippen LogP contribution >= 0.6 is 0 Å². The van der Waals surface area contributed by atoms with Gasteiger partial charge in [-0.15, -0.1) is 0 Å². The second-order valence-corrected chi connectivity index (χ2v) is 6.67. The quantitative estimate of drug-likeness (QED) is 0.436. The largest absolute Gasteiger partial charge is 0.419 e. The molecule has 0 bridgehead atoms. The number of rotatable bonds is 5. The molecular weight excluding hydrogens is 428 g/mol. The maximum atomic E-state index is 13.4. The molecule has 0 spiro atoms. The summed E-state index contributed by atoms with van der Waals surface area (Å²) in [5, 5.41) is 4.93. The molecule has 2 N–H and O–H groups in total. The molecule has 2 amide bonds. The van der Waals surface area contributed by atoms with Crippen molar-refractivity contribution >= 4 is 29.3 Å². The number of hydrogen-bond acceptors (Lipinski definition) is 4. The molecule has 0 radical (unpaired) electrons. The number of hydrogen-bond donors (Lipinski definition) is 2. The number of aryl methyl sites for hydroxylation is 1. The predicted molar refractivity (Wildman–Crippen MR) is 110 cm³/mol. The molecule has 6 nitrogen and oxygen atoms in total. The van der Waals surface area contributed by atoms with Gasteiger partial charge >= 0.3 is 6.18 Å². The van der Waals surface area contributed by atoms with Gasteiger partial charge in [0.25, 0.3) is 5.91 Å². The number of amides is 2. The minimum atomic E-state index is -4.90. The smallest absolute Gasteiger partial charge is 0.322 e. The Morgan fingerprint density at radius 2 is 1.72 bits per heavy atom. The van der Waals surface area contributed by atoms with E-state index in [0.29, 0.717) is 28.9 Å². The number of carbonyl (C=O) groups is 2. The third-order valence-electron chi connectivity index (χ3n) is 4.29. The Balaban J connectivity index is 1.74. The van der Waals surface area contributed by atoms with Crippen molar-refractivity contribution in [3.05, 3.63) is 89.3 Å². The Labute approximate surface area is 180 Å². The lowest BCUT2D eigenvalue weighted by Crippen LogP contribution is -2.15. The third kappa shape index (κ3) is 5.75. The van der Waals surface area contributed by atoms with E-state index >= 15 is 0 Å². The van der Waals surface area contributed by atoms with E-state index in [-0.39, 0.29) is 11.3 Å². The third-order valence-corrected chi connectivity index (χ3v) is 4.29. The predicted octanol–water partition coefficient (Wildman–Crippen LogP) is 4.85. The zero-order valence-electron chi connectivity index (χ0n) is 16.6. The van der Waals surface area contributed by atoms with Gasteiger partial charge in [-0.05, 0) is 48.9 Å². The first-order chi connectivity index (χ1) is 15.1. The van der Waals surface area contributed by atoms with Crippen LogP contribution in [0.3, 0.4) is 0 Å². The highest BCUT2D eigenvalue weighted by atomic mass is 19.4. The molecule has 2 aromatic carbocycles. The molecule has 0 aliphatic rings. The fourth-order valence-corrected chi connectivity index (χ4v) is 2.66. The molecule has 1 aromatic heterocycles. The Morgan fingerprint density at radius 3 is 2.41 bits per heavy atom. The van der Waals surface area contributed by atoms with Crippen LogP contribution in [0.2, 0.25) is 0 Å². The number of halogens is 4. The van der Waals surface area contributed by atoms with Crippen molar-refractivity contribution in [3.63, 3.8) is 0 Å². The van der Waals surface area contributed by atoms with E-state index in [9.17, 15) is 27.2 Å². The molecule has 3 aromatic rings. The van der Waals surface area contributed by atoms with Crippen LogP contribution in [-0.4, -0.2) is 21.8 Å². The second-order valence-electron chi connectivity index (χ2n) is 6.67. The van der Waals surface area contributed by atoms with Crippen molar-refractivity contribution in [2.75, 3.05) is 10.6 Å². The molecule has 0 unspecified atom stereocenters. The normalized spacial score (nSPS) is 11.4. The van der Waals surface area contributed by atoms with Gasteiger partial charge in [0.2, 0.25) is 5.91 Å². The van der Waals surface area contributed by atoms with E-state index in [2.05, 4.69) is 20.6 Å². The van der Waals surface area contributed by atoms with Crippen molar-refractivity contribution < 1.29 is 27.2 Å². The Hall–Kier alpha value is -4.08. The minimum Gasteiger partial charge on any atom is -0.322 e. The lowest BCUT2D eigenvalue weighted by Gasteiger charge is -2.12. The number of carbonyl (C=O) groups excluding carboxylic acids is 2. The number of nitrogens with zero attached hydrogens (tertiary/aromatic N) is 2. The van der Waals surface area contributed by atoms with Gasteiger partial charge < -0.3 is 10.6 Å². The first kappa shape index (κ1) is 22.6. The number of anilines is 2. The van der Waals surface area contributed by atoms with Crippen LogP contribution in [0.4, 0.5) is 28.9 Å². The molecule has 0 fully saturated rings. The van der Waals surface area contributed by atoms with Gasteiger partial charge in [0.05, 0.1) is 5.56 Å². The SMILES string of the molecule is Cc1ccc(C(=O)Nc2ccc(F)c(C(F)(F)F)c2)cc1NC(=O)/C=C/c1cncnc1. The molecule has 3 rings (SSSR count). The molecule has 0 aliphatic heterocycles. The van der Waals surface area contributed by atoms with Crippen LogP contribution in [-0.2, 0) is 11.0 Å². The molecule has 0 aliphatic carbocycles. The van der Waals surface area contributed by atoms with Gasteiger partial charge in [-0.3, -0.25) is 9.59 Å². The van der Waals surface area contributed by atoms with Crippen molar-refractivity contribution in [1.82, 2.24) is 9.97 Å². The van der Waals surface area contributed by atoms with E-state index in [0.717, 1.165) is 6.07 Å². The second kappa shape index (κ2) is 9.38. The summed E-state index contributed by atoms with van der Waals surface area (Å²) in [5.41, 5.74) is -0.000842. The van der Waals surface area contributed by atoms with Crippen LogP contribution in [0.1, 0.15) is 27.0 Å². The summed E-state index contributed by atoms with van der Waals surface area (Å²) in [6.07, 6.45) is 2.27. The average molecular weight is 444 g/mol. The fraction of sp³-hybridized carbons (Fsp3) is 0.0909. The first-order valence-corrected chi connectivity index (χ1v) is 9.16. The Kier molecular flexibility index (Phi) is 6.62. The van der Waals surface area contributed by atoms with Gasteiger partial charge in [-0.1, -0.05) is 6.07 Å². The summed E-state index contributed by atoms with van der Waals surface area (Å²) in [6.45, 7) is 1.71. The highest BCUT2D eigenvalue weighted by molar-refractivity contribution is 6.07. The number of benzene rings is 2. The zero-order chi connectivity index (χ0) is 23.3. The molecule has 0 saturated carbocycles. The summed E-state index contributed by atoms with van der Waals surface area (Å²) >= 11 is 0. The number of alkyl halides is 3. The lowest BCUT2D eigenvalue weighted by molar-refractivity contribution is -0.139. The van der Waals surface area contributed by atoms with Crippen molar-refractivity contribution in [1.29, 1.82) is 0 Å². The van der Waals surface area contributed by atoms with Crippen LogP contribution in [0.5, 0.6) is 0 Å². The number of nitrogens with one attached hydrogen (secondary N) is 2. The molecule has 164 valence electrons. The summed E-state index contributed by atoms with van der Waals surface area (Å²) in [6, 6.07) is 6.58. The zero-order valence-corrected chi connectivity index (χ0v) is 16.6. The van der Waals surface area contributed by atoms with E-state index in [1.807, 2.05) is 0 Å². The molecule has 32 heavy (non-hydrogen) atoms. The highest BCUT2D eigenvalue weighted by Crippen LogP contribution is 2.33. The van der Waals surface area contributed by atoms with Crippen molar-refractivity contribution in [2.45, 2.75) is 13.1 Å². The fourth-order valence-electron chi connectivity index (χ4n) is 2.66. The summed E-state index contributed by atoms with van der Waals surface area (Å²) in [7, 11) is 0. The van der Waals surface area contributed by atoms with E-state index in [1.54, 1.807) is 13.0 Å². The highest BCUT2D eigenvalue weighted by Gasteiger charge is 2.34. The number of aromatic nitrogens is 2. The van der Waals surface area contributed by atoms with Crippen LogP contribution in [0.15, 0.2) is 61.2 Å². The maximum Gasteiger partial charge on any atom is 0.419 e. The van der Waals surface area contributed by atoms with E-state index in [1.165, 1.54) is 43.0 Å². The van der Waals surface area contributed by atoms with Gasteiger partial charge in [0, 0.05) is 41.0 Å². The standard InChI is InChI=1S/C22H16F4N4O2/c1-13-2-4-15(8-19(13)30-20(31)7-3-14-10-27-12-28-11-14)21(32)29-16-5-6-18(23)17(9-16)22(24,25)26/h2-12H,1H3,(H,29,32)(H,30,31)/b7-3+. The van der Waals surface area contributed by atoms with Crippen LogP contribution < -0.4 is 10.6 Å². The van der Waals surface area contributed by atoms with Crippen molar-refractivity contribution in [3.8, 4) is 0 Å². The molecule has 10 heteroatoms. The maximum absolute atomic E-state index is 13.4. The van der Waals surface area contributed by atoms with E-state index in [4.69, 9.17) is 0 Å². The lowest BCUT2D eigenvalue weighted by atomic mass is 10.1. The monoisotopic (exact) mass is 444 g/mol. The molecule has 0 saturated heterocycles. The van der Waals surface area contributed by atoms with Gasteiger partial charge in [0.1, 0.15) is 12.1 Å². The first-order valence-electron chi connectivity index (χ1n) is 9.16. The molecule has 1 heterocycles. The molecule has 0 atom stereocenters. The van der Waals surface area contributed by atoms with Crippen LogP contribution in [0.25, 0.3) is 6.08 Å². The van der Waals surface area contributed by atoms with Gasteiger partial charge in [-0.25, -0.2) is 14.4 Å². The summed E-state index contributed by atoms with van der Waals surface area (Å²) < 4.78 is 52.1. The summed E-state index contributed by atoms with van der Waals surface area (Å²) in [5.74, 6) is -2.63. The molecular formula is C22H16F4N4O2. The Bertz CT molecular complexity index is 1180. The summed E-state index contributed by atoms with van der Waals surface area (Å²) in [4.78, 5) is 32.3. The topological polar surface area (TPSA) is 84.0 Å². The van der Waals surface area contributed by atoms with Crippen molar-refractivity contribution in [2.24, 2.45) is 0 Å². The average Bonchev–Trinajstić information content (AvgIpc) is 2.75. The Morgan fingerprint density at radius 1 is 1.00 bits per heavy atom. The van der Waals surface area contributed by atoms with Crippen LogP contribution in [0, 0.1) is 12.7 Å². The minimum absolute atomic E-state index is 0.0872. The van der Waals surface area contributed by atoms with Gasteiger partial charge in [-0.2, -0.15) is 13.2 Å².